The van der Waals surface area contributed by atoms with E-state index in [4.69, 9.17) is 10.00 Å². The maximum Gasteiger partial charge on any atom is 0.132 e. The molecule has 2 rings (SSSR count). The average molecular weight is 272 g/mol. The van der Waals surface area contributed by atoms with Crippen molar-refractivity contribution >= 4 is 0 Å². The molecule has 1 aromatic carbocycles. The Morgan fingerprint density at radius 3 is 2.70 bits per heavy atom. The average Bonchev–Trinajstić information content (AvgIpc) is 2.88. The number of hydrogen-bond acceptors (Lipinski definition) is 5. The molecule has 0 amide bonds. The van der Waals surface area contributed by atoms with Gasteiger partial charge in [-0.25, -0.2) is 4.68 Å². The number of nitrogens with zero attached hydrogens (tertiary/aromatic N) is 4. The van der Waals surface area contributed by atoms with E-state index >= 15 is 0 Å². The van der Waals surface area contributed by atoms with Crippen molar-refractivity contribution in [2.24, 2.45) is 0 Å². The van der Waals surface area contributed by atoms with E-state index in [0.717, 1.165) is 12.2 Å². The van der Waals surface area contributed by atoms with Crippen molar-refractivity contribution in [3.63, 3.8) is 0 Å². The zero-order valence-electron chi connectivity index (χ0n) is 11.3. The number of aliphatic hydroxyl groups excluding tert-OH is 1. The first kappa shape index (κ1) is 14.0. The van der Waals surface area contributed by atoms with Crippen LogP contribution in [0.3, 0.4) is 0 Å². The first-order valence-electron chi connectivity index (χ1n) is 6.39. The van der Waals surface area contributed by atoms with E-state index in [2.05, 4.69) is 17.2 Å². The van der Waals surface area contributed by atoms with Crippen LogP contribution in [0.4, 0.5) is 0 Å². The van der Waals surface area contributed by atoms with Crippen LogP contribution >= 0.6 is 0 Å². The third-order valence-electron chi connectivity index (χ3n) is 3.00. The summed E-state index contributed by atoms with van der Waals surface area (Å²) in [5.41, 5.74) is 2.30. The van der Waals surface area contributed by atoms with Crippen LogP contribution in [-0.2, 0) is 26.2 Å². The predicted molar refractivity (Wildman–Crippen MR) is 71.7 cm³/mol. The lowest BCUT2D eigenvalue weighted by Gasteiger charge is -2.08. The van der Waals surface area contributed by atoms with Gasteiger partial charge in [-0.2, -0.15) is 5.26 Å². The fraction of sp³-hybridized carbons (Fsp3) is 0.357. The van der Waals surface area contributed by atoms with Crippen molar-refractivity contribution in [2.75, 3.05) is 0 Å². The highest BCUT2D eigenvalue weighted by Gasteiger charge is 2.12. The lowest BCUT2D eigenvalue weighted by atomic mass is 10.2. The maximum absolute atomic E-state index is 9.21. The highest BCUT2D eigenvalue weighted by Crippen LogP contribution is 2.15. The molecule has 0 unspecified atom stereocenters. The lowest BCUT2D eigenvalue weighted by Crippen LogP contribution is -2.08. The second-order valence-corrected chi connectivity index (χ2v) is 4.24. The third-order valence-corrected chi connectivity index (χ3v) is 3.00. The molecule has 0 spiro atoms. The Kier molecular flexibility index (Phi) is 4.69. The van der Waals surface area contributed by atoms with E-state index in [1.54, 1.807) is 0 Å². The molecule has 6 nitrogen and oxygen atoms in total. The summed E-state index contributed by atoms with van der Waals surface area (Å²) in [6.07, 6.45) is 0.980. The fourth-order valence-corrected chi connectivity index (χ4v) is 1.82. The molecule has 0 saturated carbocycles. The van der Waals surface area contributed by atoms with Crippen molar-refractivity contribution < 1.29 is 9.84 Å². The van der Waals surface area contributed by atoms with Gasteiger partial charge in [0.1, 0.15) is 30.3 Å². The Hall–Kier alpha value is -2.39. The lowest BCUT2D eigenvalue weighted by molar-refractivity contribution is 0.262. The molecule has 104 valence electrons. The molecule has 1 heterocycles. The first-order valence-corrected chi connectivity index (χ1v) is 6.39. The highest BCUT2D eigenvalue weighted by molar-refractivity contribution is 5.27. The standard InChI is InChI=1S/C14H16N4O2/c1-2-11-3-5-12(6-4-11)20-10-14-13(9-19)16-17-18(14)8-7-15/h3-6,19H,2,8-10H2,1H3. The number of rotatable bonds is 6. The summed E-state index contributed by atoms with van der Waals surface area (Å²) < 4.78 is 7.09. The molecule has 0 fully saturated rings. The van der Waals surface area contributed by atoms with Gasteiger partial charge in [-0.3, -0.25) is 0 Å². The van der Waals surface area contributed by atoms with Crippen LogP contribution in [0.25, 0.3) is 0 Å². The fourth-order valence-electron chi connectivity index (χ4n) is 1.82. The zero-order chi connectivity index (χ0) is 14.4. The quantitative estimate of drug-likeness (QED) is 0.860. The van der Waals surface area contributed by atoms with Gasteiger partial charge < -0.3 is 9.84 Å². The number of benzene rings is 1. The summed E-state index contributed by atoms with van der Waals surface area (Å²) in [6, 6.07) is 9.81. The number of hydrogen-bond donors (Lipinski definition) is 1. The van der Waals surface area contributed by atoms with E-state index < -0.39 is 0 Å². The zero-order valence-corrected chi connectivity index (χ0v) is 11.3. The van der Waals surface area contributed by atoms with Gasteiger partial charge in [0, 0.05) is 0 Å². The van der Waals surface area contributed by atoms with Gasteiger partial charge in [0.2, 0.25) is 0 Å². The molecule has 1 aromatic heterocycles. The molecule has 0 atom stereocenters. The van der Waals surface area contributed by atoms with E-state index in [0.29, 0.717) is 11.4 Å². The van der Waals surface area contributed by atoms with Gasteiger partial charge in [-0.1, -0.05) is 24.3 Å². The van der Waals surface area contributed by atoms with Gasteiger partial charge in [-0.05, 0) is 24.1 Å². The smallest absolute Gasteiger partial charge is 0.132 e. The van der Waals surface area contributed by atoms with Crippen LogP contribution in [0, 0.1) is 11.3 Å². The molecule has 0 aliphatic heterocycles. The number of nitriles is 1. The van der Waals surface area contributed by atoms with E-state index in [1.807, 2.05) is 30.3 Å². The Morgan fingerprint density at radius 1 is 1.35 bits per heavy atom. The second kappa shape index (κ2) is 6.68. The Morgan fingerprint density at radius 2 is 2.10 bits per heavy atom. The second-order valence-electron chi connectivity index (χ2n) is 4.24. The van der Waals surface area contributed by atoms with Crippen LogP contribution in [0.1, 0.15) is 23.9 Å². The summed E-state index contributed by atoms with van der Waals surface area (Å²) in [6.45, 7) is 2.17. The Bertz CT molecular complexity index is 599. The minimum atomic E-state index is -0.223. The van der Waals surface area contributed by atoms with Crippen molar-refractivity contribution in [2.45, 2.75) is 33.1 Å². The molecule has 0 aliphatic rings. The number of aliphatic hydroxyl groups is 1. The third kappa shape index (κ3) is 3.13. The van der Waals surface area contributed by atoms with Gasteiger partial charge in [-0.15, -0.1) is 5.10 Å². The number of aryl methyl sites for hydroxylation is 1. The first-order chi connectivity index (χ1) is 9.78. The van der Waals surface area contributed by atoms with E-state index in [9.17, 15) is 5.11 Å². The molecular formula is C14H16N4O2. The van der Waals surface area contributed by atoms with E-state index in [-0.39, 0.29) is 19.8 Å². The van der Waals surface area contributed by atoms with Crippen LogP contribution in [0.5, 0.6) is 5.75 Å². The molecule has 2 aromatic rings. The largest absolute Gasteiger partial charge is 0.487 e. The summed E-state index contributed by atoms with van der Waals surface area (Å²) in [4.78, 5) is 0. The van der Waals surface area contributed by atoms with Crippen molar-refractivity contribution in [3.8, 4) is 11.8 Å². The minimum Gasteiger partial charge on any atom is -0.487 e. The van der Waals surface area contributed by atoms with Crippen LogP contribution in [-0.4, -0.2) is 20.1 Å². The Labute approximate surface area is 117 Å². The van der Waals surface area contributed by atoms with Crippen molar-refractivity contribution in [1.82, 2.24) is 15.0 Å². The monoisotopic (exact) mass is 272 g/mol. The maximum atomic E-state index is 9.21. The summed E-state index contributed by atoms with van der Waals surface area (Å²) >= 11 is 0. The van der Waals surface area contributed by atoms with Gasteiger partial charge in [0.25, 0.3) is 0 Å². The van der Waals surface area contributed by atoms with Crippen LogP contribution < -0.4 is 4.74 Å². The van der Waals surface area contributed by atoms with Gasteiger partial charge in [0.15, 0.2) is 0 Å². The minimum absolute atomic E-state index is 0.0838. The molecule has 0 radical (unpaired) electrons. The van der Waals surface area contributed by atoms with Gasteiger partial charge in [0.05, 0.1) is 12.7 Å². The van der Waals surface area contributed by atoms with Crippen LogP contribution in [0.2, 0.25) is 0 Å². The SMILES string of the molecule is CCc1ccc(OCc2c(CO)nnn2CC#N)cc1. The van der Waals surface area contributed by atoms with Crippen LogP contribution in [0.15, 0.2) is 24.3 Å². The summed E-state index contributed by atoms with van der Waals surface area (Å²) in [5.74, 6) is 0.732. The molecule has 0 saturated heterocycles. The van der Waals surface area contributed by atoms with Crippen molar-refractivity contribution in [3.05, 3.63) is 41.2 Å². The number of ether oxygens (including phenoxy) is 1. The summed E-state index contributed by atoms with van der Waals surface area (Å²) in [5, 5.41) is 25.6. The number of aromatic nitrogens is 3. The predicted octanol–water partition coefficient (Wildman–Crippen LogP) is 1.44. The molecule has 6 heteroatoms. The highest BCUT2D eigenvalue weighted by atomic mass is 16.5. The molecule has 20 heavy (non-hydrogen) atoms. The molecule has 0 bridgehead atoms. The van der Waals surface area contributed by atoms with E-state index in [1.165, 1.54) is 10.2 Å². The summed E-state index contributed by atoms with van der Waals surface area (Å²) in [7, 11) is 0. The Balaban J connectivity index is 2.09. The molecule has 1 N–H and O–H groups in total. The van der Waals surface area contributed by atoms with Crippen molar-refractivity contribution in [1.29, 1.82) is 5.26 Å². The molecule has 0 aliphatic carbocycles. The van der Waals surface area contributed by atoms with Gasteiger partial charge >= 0.3 is 0 Å². The topological polar surface area (TPSA) is 84.0 Å². The normalized spacial score (nSPS) is 10.2. The molecular weight excluding hydrogens is 256 g/mol.